The smallest absolute Gasteiger partial charge is 0.203 e. The largest absolute Gasteiger partial charge is 0.374 e. The van der Waals surface area contributed by atoms with Crippen LogP contribution < -0.4 is 5.73 Å². The molecule has 0 spiro atoms. The van der Waals surface area contributed by atoms with Crippen molar-refractivity contribution in [3.05, 3.63) is 29.8 Å². The van der Waals surface area contributed by atoms with Gasteiger partial charge in [-0.3, -0.25) is 0 Å². The normalized spacial score (nSPS) is 10.9. The topological polar surface area (TPSA) is 51.8 Å². The van der Waals surface area contributed by atoms with Gasteiger partial charge in [0.15, 0.2) is 0 Å². The molecule has 0 aliphatic carbocycles. The molecule has 0 aliphatic heterocycles. The first kappa shape index (κ1) is 10.1. The van der Waals surface area contributed by atoms with Crippen LogP contribution in [0.15, 0.2) is 24.3 Å². The first-order valence-corrected chi connectivity index (χ1v) is 5.68. The number of nitrogens with zero attached hydrogens (tertiary/aromatic N) is 2. The summed E-state index contributed by atoms with van der Waals surface area (Å²) >= 11 is 1.43. The lowest BCUT2D eigenvalue weighted by atomic mass is 9.98. The molecular formula is C11H13N3S. The molecule has 2 aromatic rings. The van der Waals surface area contributed by atoms with Crippen molar-refractivity contribution in [2.75, 3.05) is 5.73 Å². The van der Waals surface area contributed by atoms with Crippen molar-refractivity contribution in [3.8, 4) is 10.6 Å². The first-order valence-electron chi connectivity index (χ1n) is 4.86. The standard InChI is InChI=1S/C11H13N3S/c1-7(2)8-5-3-4-6-9(8)10-13-14-11(12)15-10/h3-7H,1-2H3,(H2,12,14). The van der Waals surface area contributed by atoms with E-state index < -0.39 is 0 Å². The van der Waals surface area contributed by atoms with Crippen molar-refractivity contribution >= 4 is 16.5 Å². The van der Waals surface area contributed by atoms with Gasteiger partial charge in [-0.2, -0.15) is 0 Å². The van der Waals surface area contributed by atoms with Gasteiger partial charge in [-0.25, -0.2) is 0 Å². The number of rotatable bonds is 2. The second kappa shape index (κ2) is 3.98. The SMILES string of the molecule is CC(C)c1ccccc1-c1nnc(N)s1. The molecule has 1 aromatic carbocycles. The minimum absolute atomic E-state index is 0.478. The summed E-state index contributed by atoms with van der Waals surface area (Å²) in [5.74, 6) is 0.478. The molecule has 0 atom stereocenters. The summed E-state index contributed by atoms with van der Waals surface area (Å²) in [6.45, 7) is 4.34. The zero-order valence-corrected chi connectivity index (χ0v) is 9.58. The lowest BCUT2D eigenvalue weighted by molar-refractivity contribution is 0.868. The molecule has 0 aliphatic rings. The average Bonchev–Trinajstić information content (AvgIpc) is 2.65. The quantitative estimate of drug-likeness (QED) is 0.845. The molecule has 0 radical (unpaired) electrons. The zero-order chi connectivity index (χ0) is 10.8. The van der Waals surface area contributed by atoms with Gasteiger partial charge in [0.05, 0.1) is 0 Å². The van der Waals surface area contributed by atoms with E-state index >= 15 is 0 Å². The molecule has 3 nitrogen and oxygen atoms in total. The second-order valence-corrected chi connectivity index (χ2v) is 4.70. The Morgan fingerprint density at radius 2 is 1.93 bits per heavy atom. The van der Waals surface area contributed by atoms with E-state index in [1.807, 2.05) is 12.1 Å². The Hall–Kier alpha value is -1.42. The molecule has 1 heterocycles. The lowest BCUT2D eigenvalue weighted by Crippen LogP contribution is -1.91. The fourth-order valence-electron chi connectivity index (χ4n) is 1.54. The van der Waals surface area contributed by atoms with Crippen molar-refractivity contribution in [2.45, 2.75) is 19.8 Å². The van der Waals surface area contributed by atoms with E-state index in [2.05, 4.69) is 36.2 Å². The van der Waals surface area contributed by atoms with Gasteiger partial charge in [0.1, 0.15) is 5.01 Å². The molecule has 0 fully saturated rings. The maximum Gasteiger partial charge on any atom is 0.203 e. The summed E-state index contributed by atoms with van der Waals surface area (Å²) < 4.78 is 0. The van der Waals surface area contributed by atoms with Crippen LogP contribution in [0.1, 0.15) is 25.3 Å². The summed E-state index contributed by atoms with van der Waals surface area (Å²) in [7, 11) is 0. The molecule has 4 heteroatoms. The minimum Gasteiger partial charge on any atom is -0.374 e. The molecular weight excluding hydrogens is 206 g/mol. The van der Waals surface area contributed by atoms with E-state index in [1.165, 1.54) is 16.9 Å². The van der Waals surface area contributed by atoms with Gasteiger partial charge >= 0.3 is 0 Å². The van der Waals surface area contributed by atoms with Crippen molar-refractivity contribution in [1.29, 1.82) is 0 Å². The van der Waals surface area contributed by atoms with E-state index in [9.17, 15) is 0 Å². The molecule has 0 saturated carbocycles. The van der Waals surface area contributed by atoms with Crippen molar-refractivity contribution in [3.63, 3.8) is 0 Å². The van der Waals surface area contributed by atoms with Crippen LogP contribution in [0.2, 0.25) is 0 Å². The highest BCUT2D eigenvalue weighted by Crippen LogP contribution is 2.31. The predicted molar refractivity (Wildman–Crippen MR) is 63.8 cm³/mol. The highest BCUT2D eigenvalue weighted by Gasteiger charge is 2.11. The van der Waals surface area contributed by atoms with Gasteiger partial charge in [0, 0.05) is 5.56 Å². The van der Waals surface area contributed by atoms with Crippen molar-refractivity contribution < 1.29 is 0 Å². The van der Waals surface area contributed by atoms with Crippen LogP contribution in [0.4, 0.5) is 5.13 Å². The fourth-order valence-corrected chi connectivity index (χ4v) is 2.20. The van der Waals surface area contributed by atoms with Gasteiger partial charge in [0.2, 0.25) is 5.13 Å². The van der Waals surface area contributed by atoms with E-state index in [0.29, 0.717) is 11.0 Å². The highest BCUT2D eigenvalue weighted by atomic mass is 32.1. The van der Waals surface area contributed by atoms with E-state index in [-0.39, 0.29) is 0 Å². The van der Waals surface area contributed by atoms with E-state index in [4.69, 9.17) is 5.73 Å². The minimum atomic E-state index is 0.478. The lowest BCUT2D eigenvalue weighted by Gasteiger charge is -2.09. The third-order valence-electron chi connectivity index (χ3n) is 2.25. The number of hydrogen-bond donors (Lipinski definition) is 1. The van der Waals surface area contributed by atoms with Gasteiger partial charge in [0.25, 0.3) is 0 Å². The molecule has 0 saturated heterocycles. The summed E-state index contributed by atoms with van der Waals surface area (Å²) in [6, 6.07) is 8.24. The number of hydrogen-bond acceptors (Lipinski definition) is 4. The molecule has 1 aromatic heterocycles. The Morgan fingerprint density at radius 1 is 1.20 bits per heavy atom. The van der Waals surface area contributed by atoms with Crippen LogP contribution >= 0.6 is 11.3 Å². The van der Waals surface area contributed by atoms with E-state index in [0.717, 1.165) is 10.6 Å². The number of nitrogen functional groups attached to an aromatic ring is 1. The Kier molecular flexibility index (Phi) is 2.68. The summed E-state index contributed by atoms with van der Waals surface area (Å²) in [5.41, 5.74) is 8.01. The maximum absolute atomic E-state index is 5.59. The third-order valence-corrected chi connectivity index (χ3v) is 3.04. The Morgan fingerprint density at radius 3 is 2.53 bits per heavy atom. The van der Waals surface area contributed by atoms with Crippen LogP contribution in [0.5, 0.6) is 0 Å². The van der Waals surface area contributed by atoms with Crippen molar-refractivity contribution in [1.82, 2.24) is 10.2 Å². The van der Waals surface area contributed by atoms with E-state index in [1.54, 1.807) is 0 Å². The Balaban J connectivity index is 2.52. The molecule has 0 unspecified atom stereocenters. The Labute approximate surface area is 93.0 Å². The van der Waals surface area contributed by atoms with Crippen LogP contribution in [-0.4, -0.2) is 10.2 Å². The molecule has 15 heavy (non-hydrogen) atoms. The molecule has 2 N–H and O–H groups in total. The highest BCUT2D eigenvalue weighted by molar-refractivity contribution is 7.18. The van der Waals surface area contributed by atoms with Gasteiger partial charge < -0.3 is 5.73 Å². The predicted octanol–water partition coefficient (Wildman–Crippen LogP) is 2.91. The number of benzene rings is 1. The van der Waals surface area contributed by atoms with Gasteiger partial charge in [-0.1, -0.05) is 49.4 Å². The fraction of sp³-hybridized carbons (Fsp3) is 0.273. The number of anilines is 1. The van der Waals surface area contributed by atoms with Crippen LogP contribution in [0.25, 0.3) is 10.6 Å². The molecule has 2 rings (SSSR count). The second-order valence-electron chi connectivity index (χ2n) is 3.69. The molecule has 78 valence electrons. The first-order chi connectivity index (χ1) is 7.18. The third kappa shape index (κ3) is 1.99. The number of nitrogens with two attached hydrogens (primary N) is 1. The maximum atomic E-state index is 5.59. The van der Waals surface area contributed by atoms with Crippen LogP contribution in [0, 0.1) is 0 Å². The average molecular weight is 219 g/mol. The summed E-state index contributed by atoms with van der Waals surface area (Å²) in [6.07, 6.45) is 0. The summed E-state index contributed by atoms with van der Waals surface area (Å²) in [4.78, 5) is 0. The van der Waals surface area contributed by atoms with Crippen LogP contribution in [-0.2, 0) is 0 Å². The number of aromatic nitrogens is 2. The zero-order valence-electron chi connectivity index (χ0n) is 8.77. The van der Waals surface area contributed by atoms with Crippen molar-refractivity contribution in [2.24, 2.45) is 0 Å². The summed E-state index contributed by atoms with van der Waals surface area (Å²) in [5, 5.41) is 9.33. The van der Waals surface area contributed by atoms with Gasteiger partial charge in [-0.15, -0.1) is 10.2 Å². The Bertz CT molecular complexity index is 462. The molecule has 0 amide bonds. The monoisotopic (exact) mass is 219 g/mol. The van der Waals surface area contributed by atoms with Gasteiger partial charge in [-0.05, 0) is 11.5 Å². The molecule has 0 bridgehead atoms. The van der Waals surface area contributed by atoms with Crippen LogP contribution in [0.3, 0.4) is 0 Å².